The highest BCUT2D eigenvalue weighted by Crippen LogP contribution is 2.09. The van der Waals surface area contributed by atoms with E-state index in [-0.39, 0.29) is 36.7 Å². The van der Waals surface area contributed by atoms with Gasteiger partial charge in [-0.1, -0.05) is 26.3 Å². The predicted octanol–water partition coefficient (Wildman–Crippen LogP) is 0.834. The van der Waals surface area contributed by atoms with E-state index in [0.717, 1.165) is 4.57 Å². The van der Waals surface area contributed by atoms with Crippen LogP contribution in [0.1, 0.15) is 50.5 Å². The number of aliphatic carboxylic acids is 1. The van der Waals surface area contributed by atoms with Crippen molar-refractivity contribution in [2.75, 3.05) is 11.9 Å². The van der Waals surface area contributed by atoms with E-state index in [1.54, 1.807) is 27.8 Å². The van der Waals surface area contributed by atoms with Crippen molar-refractivity contribution in [2.24, 2.45) is 13.0 Å². The summed E-state index contributed by atoms with van der Waals surface area (Å²) in [5, 5.41) is 17.0. The molecular formula is C27H36N6O8. The number of anilines is 1. The maximum atomic E-state index is 13.2. The highest BCUT2D eigenvalue weighted by Gasteiger charge is 2.26. The first-order valence-electron chi connectivity index (χ1n) is 13.1. The molecule has 0 aromatic carbocycles. The first kappa shape index (κ1) is 32.5. The second kappa shape index (κ2) is 15.7. The van der Waals surface area contributed by atoms with Gasteiger partial charge in [-0.2, -0.15) is 0 Å². The van der Waals surface area contributed by atoms with Crippen LogP contribution >= 0.6 is 0 Å². The van der Waals surface area contributed by atoms with Crippen molar-refractivity contribution in [1.29, 1.82) is 0 Å². The van der Waals surface area contributed by atoms with Crippen LogP contribution in [0.15, 0.2) is 47.8 Å². The molecule has 0 unspecified atom stereocenters. The zero-order chi connectivity index (χ0) is 30.5. The fourth-order valence-corrected chi connectivity index (χ4v) is 3.74. The molecule has 14 heteroatoms. The molecule has 0 aliphatic carbocycles. The molecule has 0 aliphatic rings. The number of aryl methyl sites for hydroxylation is 1. The zero-order valence-electron chi connectivity index (χ0n) is 23.5. The molecule has 2 rings (SSSR count). The molecule has 2 aromatic heterocycles. The first-order chi connectivity index (χ1) is 19.5. The molecule has 0 spiro atoms. The lowest BCUT2D eigenvalue weighted by molar-refractivity contribution is -0.143. The predicted molar refractivity (Wildman–Crippen MR) is 148 cm³/mol. The number of nitrogens with one attached hydrogen (secondary N) is 3. The summed E-state index contributed by atoms with van der Waals surface area (Å²) in [6.07, 6.45) is 7.65. The van der Waals surface area contributed by atoms with Crippen molar-refractivity contribution in [2.45, 2.75) is 58.7 Å². The van der Waals surface area contributed by atoms with Gasteiger partial charge < -0.3 is 34.9 Å². The van der Waals surface area contributed by atoms with Crippen molar-refractivity contribution in [3.8, 4) is 0 Å². The molecular weight excluding hydrogens is 536 g/mol. The van der Waals surface area contributed by atoms with E-state index in [2.05, 4.69) is 20.9 Å². The molecule has 4 N–H and O–H groups in total. The lowest BCUT2D eigenvalue weighted by atomic mass is 9.99. The van der Waals surface area contributed by atoms with Gasteiger partial charge in [-0.05, 0) is 37.8 Å². The van der Waals surface area contributed by atoms with Crippen LogP contribution in [0.25, 0.3) is 0 Å². The molecule has 3 amide bonds. The van der Waals surface area contributed by atoms with E-state index in [0.29, 0.717) is 6.42 Å². The van der Waals surface area contributed by atoms with E-state index < -0.39 is 53.8 Å². The third-order valence-corrected chi connectivity index (χ3v) is 6.22. The largest absolute Gasteiger partial charge is 0.480 e. The van der Waals surface area contributed by atoms with Gasteiger partial charge in [-0.3, -0.25) is 19.2 Å². The average molecular weight is 573 g/mol. The molecule has 14 nitrogen and oxygen atoms in total. The summed E-state index contributed by atoms with van der Waals surface area (Å²) in [4.78, 5) is 78.5. The second-order valence-corrected chi connectivity index (χ2v) is 9.26. The number of carboxylic acid groups (broad SMARTS) is 1. The van der Waals surface area contributed by atoms with Crippen LogP contribution in [0.4, 0.5) is 5.69 Å². The summed E-state index contributed by atoms with van der Waals surface area (Å²) >= 11 is 0. The normalized spacial score (nSPS) is 13.2. The van der Waals surface area contributed by atoms with E-state index in [9.17, 15) is 33.9 Å². The Bertz CT molecular complexity index is 1330. The number of aromatic nitrogens is 3. The van der Waals surface area contributed by atoms with Gasteiger partial charge in [0.25, 0.3) is 11.5 Å². The minimum absolute atomic E-state index is 0.0843. The molecule has 0 radical (unpaired) electrons. The summed E-state index contributed by atoms with van der Waals surface area (Å²) in [5.74, 6) is -4.01. The molecule has 0 aliphatic heterocycles. The van der Waals surface area contributed by atoms with Gasteiger partial charge in [0.15, 0.2) is 0 Å². The number of hydrogen-bond acceptors (Lipinski definition) is 8. The summed E-state index contributed by atoms with van der Waals surface area (Å²) in [5.41, 5.74) is -0.649. The van der Waals surface area contributed by atoms with Crippen LogP contribution in [0.2, 0.25) is 0 Å². The van der Waals surface area contributed by atoms with E-state index in [4.69, 9.17) is 4.74 Å². The van der Waals surface area contributed by atoms with Crippen LogP contribution in [-0.4, -0.2) is 67.6 Å². The molecule has 0 saturated heterocycles. The standard InChI is InChI=1S/C27H36N6O8/c1-5-17(3)23(27(39)40)31-21(34)15-33-13-9-11-19(26(33)38)30-24(36)18(10-7-8-12-22(35)41-6-2)29-25(37)20-14-28-16-32(20)4/h8-9,11-14,16-18,23H,5-7,10,15H2,1-4H3,(H,29,37)(H,30,36)(H,31,34)(H,39,40)/b12-8+/t17-,18-,23+/m1/s1. The maximum Gasteiger partial charge on any atom is 0.330 e. The van der Waals surface area contributed by atoms with Crippen molar-refractivity contribution in [1.82, 2.24) is 24.8 Å². The van der Waals surface area contributed by atoms with Crippen LogP contribution in [0.3, 0.4) is 0 Å². The number of carbonyl (C=O) groups excluding carboxylic acids is 4. The monoisotopic (exact) mass is 572 g/mol. The number of carbonyl (C=O) groups is 5. The number of allylic oxidation sites excluding steroid dienone is 1. The smallest absolute Gasteiger partial charge is 0.330 e. The van der Waals surface area contributed by atoms with Gasteiger partial charge in [-0.15, -0.1) is 0 Å². The lowest BCUT2D eigenvalue weighted by Gasteiger charge is -2.20. The molecule has 41 heavy (non-hydrogen) atoms. The van der Waals surface area contributed by atoms with E-state index in [1.807, 2.05) is 0 Å². The molecule has 0 fully saturated rings. The van der Waals surface area contributed by atoms with Crippen LogP contribution in [0.5, 0.6) is 0 Å². The van der Waals surface area contributed by atoms with Crippen LogP contribution < -0.4 is 21.5 Å². The number of pyridine rings is 1. The van der Waals surface area contributed by atoms with Gasteiger partial charge in [0.2, 0.25) is 11.8 Å². The Morgan fingerprint density at radius 1 is 1.17 bits per heavy atom. The summed E-state index contributed by atoms with van der Waals surface area (Å²) < 4.78 is 7.33. The van der Waals surface area contributed by atoms with Crippen LogP contribution in [-0.2, 0) is 37.5 Å². The number of rotatable bonds is 15. The third-order valence-electron chi connectivity index (χ3n) is 6.22. The average Bonchev–Trinajstić information content (AvgIpc) is 3.36. The van der Waals surface area contributed by atoms with Gasteiger partial charge >= 0.3 is 11.9 Å². The number of ether oxygens (including phenoxy) is 1. The summed E-state index contributed by atoms with van der Waals surface area (Å²) in [6, 6.07) is 0.563. The quantitative estimate of drug-likeness (QED) is 0.177. The molecule has 222 valence electrons. The SMILES string of the molecule is CCOC(=O)/C=C/CC[C@@H](NC(=O)c1cncn1C)C(=O)Nc1cccn(CC(=O)N[C@H](C(=O)O)[C@H](C)CC)c1=O. The number of hydrogen-bond donors (Lipinski definition) is 4. The number of esters is 1. The number of carboxylic acids is 1. The van der Waals surface area contributed by atoms with Gasteiger partial charge in [-0.25, -0.2) is 14.6 Å². The Morgan fingerprint density at radius 3 is 2.51 bits per heavy atom. The fourth-order valence-electron chi connectivity index (χ4n) is 3.74. The molecule has 0 saturated carbocycles. The lowest BCUT2D eigenvalue weighted by Crippen LogP contribution is -2.47. The third kappa shape index (κ3) is 9.74. The minimum atomic E-state index is -1.18. The Kier molecular flexibility index (Phi) is 12.5. The van der Waals surface area contributed by atoms with E-state index >= 15 is 0 Å². The van der Waals surface area contributed by atoms with Gasteiger partial charge in [0.1, 0.15) is 30.0 Å². The maximum absolute atomic E-state index is 13.2. The zero-order valence-corrected chi connectivity index (χ0v) is 23.5. The summed E-state index contributed by atoms with van der Waals surface area (Å²) in [6.45, 7) is 4.90. The Morgan fingerprint density at radius 2 is 1.90 bits per heavy atom. The van der Waals surface area contributed by atoms with Crippen molar-refractivity contribution in [3.05, 3.63) is 59.1 Å². The Balaban J connectivity index is 2.18. The van der Waals surface area contributed by atoms with Crippen molar-refractivity contribution >= 4 is 35.3 Å². The second-order valence-electron chi connectivity index (χ2n) is 9.26. The Hall–Kier alpha value is -4.75. The highest BCUT2D eigenvalue weighted by molar-refractivity contribution is 6.00. The first-order valence-corrected chi connectivity index (χ1v) is 13.1. The number of nitrogens with zero attached hydrogens (tertiary/aromatic N) is 3. The van der Waals surface area contributed by atoms with Crippen LogP contribution in [0, 0.1) is 5.92 Å². The highest BCUT2D eigenvalue weighted by atomic mass is 16.5. The number of imidazole rings is 1. The van der Waals surface area contributed by atoms with E-state index in [1.165, 1.54) is 47.6 Å². The van der Waals surface area contributed by atoms with Gasteiger partial charge in [0.05, 0.1) is 19.1 Å². The molecule has 2 heterocycles. The Labute approximate surface area is 236 Å². The fraction of sp³-hybridized carbons (Fsp3) is 0.444. The summed E-state index contributed by atoms with van der Waals surface area (Å²) in [7, 11) is 1.61. The van der Waals surface area contributed by atoms with Crippen molar-refractivity contribution < 1.29 is 33.8 Å². The van der Waals surface area contributed by atoms with Gasteiger partial charge in [0, 0.05) is 19.3 Å². The minimum Gasteiger partial charge on any atom is -0.480 e. The van der Waals surface area contributed by atoms with Crippen molar-refractivity contribution in [3.63, 3.8) is 0 Å². The number of amides is 3. The molecule has 2 aromatic rings. The molecule has 3 atom stereocenters. The molecule has 0 bridgehead atoms. The topological polar surface area (TPSA) is 191 Å².